The average molecular weight is 692 g/mol. The van der Waals surface area contributed by atoms with Crippen molar-refractivity contribution < 1.29 is 4.42 Å². The van der Waals surface area contributed by atoms with Crippen molar-refractivity contribution in [3.8, 4) is 27.9 Å². The summed E-state index contributed by atoms with van der Waals surface area (Å²) in [5.41, 5.74) is 10.3. The molecule has 0 aliphatic rings. The van der Waals surface area contributed by atoms with Crippen LogP contribution in [0.1, 0.15) is 0 Å². The minimum absolute atomic E-state index is 0.918. The summed E-state index contributed by atoms with van der Waals surface area (Å²) in [6.07, 6.45) is 0. The molecule has 0 bridgehead atoms. The van der Waals surface area contributed by atoms with E-state index >= 15 is 0 Å². The Kier molecular flexibility index (Phi) is 5.96. The summed E-state index contributed by atoms with van der Waals surface area (Å²) in [5, 5.41) is 12.4. The molecule has 9 aromatic carbocycles. The van der Waals surface area contributed by atoms with E-state index in [1.54, 1.807) is 0 Å². The monoisotopic (exact) mass is 691 g/mol. The molecule has 0 amide bonds. The Bertz CT molecular complexity index is 3470. The van der Waals surface area contributed by atoms with Crippen molar-refractivity contribution in [1.29, 1.82) is 0 Å². The molecule has 0 saturated heterocycles. The van der Waals surface area contributed by atoms with Gasteiger partial charge in [-0.1, -0.05) is 103 Å². The van der Waals surface area contributed by atoms with Gasteiger partial charge in [0.2, 0.25) is 0 Å². The van der Waals surface area contributed by atoms with Gasteiger partial charge in [-0.25, -0.2) is 0 Å². The van der Waals surface area contributed by atoms with Crippen molar-refractivity contribution >= 4 is 96.8 Å². The second kappa shape index (κ2) is 10.9. The summed E-state index contributed by atoms with van der Waals surface area (Å²) in [6.45, 7) is 0. The number of furan rings is 1. The zero-order valence-electron chi connectivity index (χ0n) is 28.5. The number of fused-ring (bicyclic) bond motifs is 12. The molecule has 12 rings (SSSR count). The number of hydrogen-bond acceptors (Lipinski definition) is 2. The van der Waals surface area contributed by atoms with Crippen LogP contribution in [0.4, 0.5) is 0 Å². The van der Waals surface area contributed by atoms with Crippen LogP contribution in [-0.2, 0) is 0 Å². The normalized spacial score (nSPS) is 12.2. The molecule has 3 aromatic heterocycles. The molecule has 3 heteroatoms. The first-order valence-corrected chi connectivity index (χ1v) is 18.9. The first-order chi connectivity index (χ1) is 26.2. The molecule has 0 spiro atoms. The maximum absolute atomic E-state index is 6.25. The molecule has 0 N–H and O–H groups in total. The molecule has 0 radical (unpaired) electrons. The highest BCUT2D eigenvalue weighted by Gasteiger charge is 2.17. The van der Waals surface area contributed by atoms with E-state index in [2.05, 4.69) is 168 Å². The average Bonchev–Trinajstić information content (AvgIpc) is 3.89. The van der Waals surface area contributed by atoms with Crippen molar-refractivity contribution in [2.24, 2.45) is 0 Å². The summed E-state index contributed by atoms with van der Waals surface area (Å²) in [5.74, 6) is 0. The first kappa shape index (κ1) is 29.0. The lowest BCUT2D eigenvalue weighted by Gasteiger charge is -2.13. The fourth-order valence-electron chi connectivity index (χ4n) is 8.70. The number of para-hydroxylation sites is 2. The van der Waals surface area contributed by atoms with Crippen molar-refractivity contribution in [3.63, 3.8) is 0 Å². The van der Waals surface area contributed by atoms with Gasteiger partial charge in [0.25, 0.3) is 0 Å². The number of hydrogen-bond donors (Lipinski definition) is 0. The quantitative estimate of drug-likeness (QED) is 0.169. The van der Waals surface area contributed by atoms with Gasteiger partial charge in [0.05, 0.1) is 11.0 Å². The number of nitrogens with zero attached hydrogens (tertiary/aromatic N) is 1. The van der Waals surface area contributed by atoms with Crippen molar-refractivity contribution in [1.82, 2.24) is 4.57 Å². The molecule has 0 atom stereocenters. The van der Waals surface area contributed by atoms with E-state index in [-0.39, 0.29) is 0 Å². The van der Waals surface area contributed by atoms with Gasteiger partial charge in [-0.05, 0) is 117 Å². The summed E-state index contributed by atoms with van der Waals surface area (Å²) >= 11 is 1.86. The Hall–Kier alpha value is -6.68. The minimum atomic E-state index is 0.918. The molecule has 0 fully saturated rings. The first-order valence-electron chi connectivity index (χ1n) is 18.1. The molecule has 0 unspecified atom stereocenters. The third-order valence-electron chi connectivity index (χ3n) is 11.2. The number of rotatable bonds is 3. The molecule has 246 valence electrons. The zero-order valence-corrected chi connectivity index (χ0v) is 29.3. The van der Waals surface area contributed by atoms with Crippen LogP contribution in [0.25, 0.3) is 113 Å². The molecule has 0 aliphatic carbocycles. The highest BCUT2D eigenvalue weighted by atomic mass is 32.1. The van der Waals surface area contributed by atoms with E-state index in [0.717, 1.165) is 27.5 Å². The smallest absolute Gasteiger partial charge is 0.136 e. The zero-order chi connectivity index (χ0) is 34.6. The van der Waals surface area contributed by atoms with Gasteiger partial charge in [0, 0.05) is 47.4 Å². The second-order valence-corrected chi connectivity index (χ2v) is 15.2. The lowest BCUT2D eigenvalue weighted by molar-refractivity contribution is 0.669. The summed E-state index contributed by atoms with van der Waals surface area (Å²) < 4.78 is 11.3. The molecule has 53 heavy (non-hydrogen) atoms. The SMILES string of the molecule is c1ccc2c(c1)oc1cc(-c3ccc4cc(-c5ccc6c(c5)c5ccccc5n6-c5ccc6sc7ccccc7c6c5)c5ccccc5c4c3)ccc12. The fourth-order valence-corrected chi connectivity index (χ4v) is 9.78. The van der Waals surface area contributed by atoms with Crippen LogP contribution >= 0.6 is 11.3 Å². The van der Waals surface area contributed by atoms with E-state index < -0.39 is 0 Å². The standard InChI is InChI=1S/C50H29NOS/c1-2-10-36-35(9-1)41-25-30(31-19-22-39-38-12-4-7-15-47(38)52-48(39)28-31)17-18-32(41)26-42(36)33-20-23-46-43(27-33)37-11-3-6-14-45(37)51(46)34-21-24-50-44(29-34)40-13-5-8-16-49(40)53-50/h1-29H. The minimum Gasteiger partial charge on any atom is -0.456 e. The Morgan fingerprint density at radius 2 is 1.02 bits per heavy atom. The van der Waals surface area contributed by atoms with Crippen LogP contribution in [-0.4, -0.2) is 4.57 Å². The van der Waals surface area contributed by atoms with Crippen LogP contribution in [0.3, 0.4) is 0 Å². The van der Waals surface area contributed by atoms with Gasteiger partial charge in [-0.2, -0.15) is 0 Å². The fraction of sp³-hybridized carbons (Fsp3) is 0. The molecule has 12 aromatic rings. The second-order valence-electron chi connectivity index (χ2n) is 14.1. The Balaban J connectivity index is 1.02. The molecule has 0 saturated carbocycles. The van der Waals surface area contributed by atoms with E-state index in [0.29, 0.717) is 0 Å². The number of thiophene rings is 1. The van der Waals surface area contributed by atoms with Gasteiger partial charge < -0.3 is 8.98 Å². The third kappa shape index (κ3) is 4.26. The Labute approximate surface area is 308 Å². The lowest BCUT2D eigenvalue weighted by Crippen LogP contribution is -1.93. The van der Waals surface area contributed by atoms with E-state index in [9.17, 15) is 0 Å². The van der Waals surface area contributed by atoms with Crippen LogP contribution in [0.15, 0.2) is 180 Å². The van der Waals surface area contributed by atoms with Crippen LogP contribution in [0, 0.1) is 0 Å². The van der Waals surface area contributed by atoms with E-state index in [4.69, 9.17) is 4.42 Å². The van der Waals surface area contributed by atoms with Crippen LogP contribution < -0.4 is 0 Å². The highest BCUT2D eigenvalue weighted by Crippen LogP contribution is 2.42. The maximum atomic E-state index is 6.25. The summed E-state index contributed by atoms with van der Waals surface area (Å²) in [4.78, 5) is 0. The van der Waals surface area contributed by atoms with Crippen molar-refractivity contribution in [2.75, 3.05) is 0 Å². The van der Waals surface area contributed by atoms with Gasteiger partial charge >= 0.3 is 0 Å². The van der Waals surface area contributed by atoms with Gasteiger partial charge in [0.15, 0.2) is 0 Å². The van der Waals surface area contributed by atoms with Gasteiger partial charge in [-0.3, -0.25) is 0 Å². The van der Waals surface area contributed by atoms with E-state index in [1.165, 1.54) is 85.9 Å². The summed E-state index contributed by atoms with van der Waals surface area (Å²) in [6, 6.07) is 64.4. The molecular formula is C50H29NOS. The van der Waals surface area contributed by atoms with Gasteiger partial charge in [-0.15, -0.1) is 11.3 Å². The maximum Gasteiger partial charge on any atom is 0.136 e. The predicted molar refractivity (Wildman–Crippen MR) is 227 cm³/mol. The number of benzene rings is 9. The lowest BCUT2D eigenvalue weighted by atomic mass is 9.91. The molecule has 3 heterocycles. The Morgan fingerprint density at radius 3 is 1.94 bits per heavy atom. The largest absolute Gasteiger partial charge is 0.456 e. The van der Waals surface area contributed by atoms with Crippen LogP contribution in [0.5, 0.6) is 0 Å². The van der Waals surface area contributed by atoms with Crippen molar-refractivity contribution in [3.05, 3.63) is 176 Å². The third-order valence-corrected chi connectivity index (χ3v) is 12.3. The summed E-state index contributed by atoms with van der Waals surface area (Å²) in [7, 11) is 0. The topological polar surface area (TPSA) is 18.1 Å². The van der Waals surface area contributed by atoms with Gasteiger partial charge in [0.1, 0.15) is 11.2 Å². The molecular weight excluding hydrogens is 663 g/mol. The van der Waals surface area contributed by atoms with Crippen molar-refractivity contribution in [2.45, 2.75) is 0 Å². The van der Waals surface area contributed by atoms with E-state index in [1.807, 2.05) is 23.5 Å². The highest BCUT2D eigenvalue weighted by molar-refractivity contribution is 7.25. The molecule has 0 aliphatic heterocycles. The Morgan fingerprint density at radius 1 is 0.358 bits per heavy atom. The predicted octanol–water partition coefficient (Wildman–Crippen LogP) is 14.7. The number of aromatic nitrogens is 1. The van der Waals surface area contributed by atoms with Crippen LogP contribution in [0.2, 0.25) is 0 Å². The molecule has 2 nitrogen and oxygen atoms in total.